The van der Waals surface area contributed by atoms with Crippen LogP contribution in [0.15, 0.2) is 0 Å². The Bertz CT molecular complexity index is 270. The van der Waals surface area contributed by atoms with E-state index in [0.717, 1.165) is 18.0 Å². The summed E-state index contributed by atoms with van der Waals surface area (Å²) < 4.78 is 0. The second kappa shape index (κ2) is 4.55. The first-order valence-electron chi connectivity index (χ1n) is 7.69. The summed E-state index contributed by atoms with van der Waals surface area (Å²) in [5.41, 5.74) is 0.669. The molecule has 1 N–H and O–H groups in total. The maximum atomic E-state index is 3.92. The van der Waals surface area contributed by atoms with Gasteiger partial charge in [0, 0.05) is 25.2 Å². The molecule has 1 aliphatic carbocycles. The number of hydrogen-bond donors (Lipinski definition) is 1. The molecule has 2 saturated heterocycles. The average Bonchev–Trinajstić information content (AvgIpc) is 3.02. The zero-order valence-corrected chi connectivity index (χ0v) is 11.5. The van der Waals surface area contributed by atoms with E-state index in [0.29, 0.717) is 5.41 Å². The van der Waals surface area contributed by atoms with Gasteiger partial charge in [-0.25, -0.2) is 0 Å². The highest BCUT2D eigenvalue weighted by molar-refractivity contribution is 5.00. The molecular weight excluding hydrogens is 208 g/mol. The van der Waals surface area contributed by atoms with Crippen LogP contribution in [0, 0.1) is 11.3 Å². The van der Waals surface area contributed by atoms with Gasteiger partial charge >= 0.3 is 0 Å². The van der Waals surface area contributed by atoms with Crippen LogP contribution in [0.2, 0.25) is 0 Å². The van der Waals surface area contributed by atoms with E-state index in [4.69, 9.17) is 0 Å². The third-order valence-electron chi connectivity index (χ3n) is 5.69. The Kier molecular flexibility index (Phi) is 3.20. The van der Waals surface area contributed by atoms with Gasteiger partial charge in [-0.2, -0.15) is 0 Å². The molecule has 2 atom stereocenters. The molecule has 17 heavy (non-hydrogen) atoms. The highest BCUT2D eigenvalue weighted by Crippen LogP contribution is 2.51. The smallest absolute Gasteiger partial charge is 0.0249 e. The lowest BCUT2D eigenvalue weighted by atomic mass is 9.91. The van der Waals surface area contributed by atoms with Crippen molar-refractivity contribution in [1.29, 1.82) is 0 Å². The van der Waals surface area contributed by atoms with E-state index in [1.165, 1.54) is 58.2 Å². The highest BCUT2D eigenvalue weighted by Gasteiger charge is 2.46. The van der Waals surface area contributed by atoms with E-state index in [2.05, 4.69) is 24.1 Å². The van der Waals surface area contributed by atoms with Crippen molar-refractivity contribution in [1.82, 2.24) is 10.2 Å². The molecule has 0 radical (unpaired) electrons. The van der Waals surface area contributed by atoms with Crippen LogP contribution in [-0.2, 0) is 0 Å². The molecular formula is C15H28N2. The van der Waals surface area contributed by atoms with Crippen LogP contribution in [0.4, 0.5) is 0 Å². The number of nitrogens with one attached hydrogen (secondary N) is 1. The van der Waals surface area contributed by atoms with Gasteiger partial charge in [0.25, 0.3) is 0 Å². The summed E-state index contributed by atoms with van der Waals surface area (Å²) >= 11 is 0. The van der Waals surface area contributed by atoms with Crippen LogP contribution in [0.5, 0.6) is 0 Å². The van der Waals surface area contributed by atoms with Crippen molar-refractivity contribution in [3.8, 4) is 0 Å². The van der Waals surface area contributed by atoms with Gasteiger partial charge in [-0.05, 0) is 50.0 Å². The van der Waals surface area contributed by atoms with E-state index in [1.807, 2.05) is 0 Å². The fourth-order valence-electron chi connectivity index (χ4n) is 3.94. The van der Waals surface area contributed by atoms with Crippen molar-refractivity contribution in [3.05, 3.63) is 0 Å². The number of rotatable bonds is 4. The summed E-state index contributed by atoms with van der Waals surface area (Å²) in [5.74, 6) is 0.860. The molecule has 3 fully saturated rings. The summed E-state index contributed by atoms with van der Waals surface area (Å²) in [4.78, 5) is 2.73. The normalized spacial score (nSPS) is 36.2. The van der Waals surface area contributed by atoms with Gasteiger partial charge in [0.15, 0.2) is 0 Å². The Morgan fingerprint density at radius 2 is 2.00 bits per heavy atom. The second-order valence-electron chi connectivity index (χ2n) is 6.89. The Balaban J connectivity index is 1.52. The number of nitrogens with zero attached hydrogens (tertiary/aromatic N) is 1. The zero-order valence-electron chi connectivity index (χ0n) is 11.5. The van der Waals surface area contributed by atoms with E-state index >= 15 is 0 Å². The first kappa shape index (κ1) is 12.0. The molecule has 0 aromatic rings. The summed E-state index contributed by atoms with van der Waals surface area (Å²) in [5, 5.41) is 3.92. The standard InChI is InChI=1S/C15H28N2/c1-12(2)15(7-8-15)11-16-13-6-10-17-9-4-3-5-14(13)17/h12-14,16H,3-11H2,1-2H3. The molecule has 2 nitrogen and oxygen atoms in total. The maximum Gasteiger partial charge on any atom is 0.0249 e. The van der Waals surface area contributed by atoms with Crippen molar-refractivity contribution >= 4 is 0 Å². The number of piperidine rings is 1. The van der Waals surface area contributed by atoms with Crippen LogP contribution in [0.1, 0.15) is 52.4 Å². The lowest BCUT2D eigenvalue weighted by molar-refractivity contribution is 0.176. The monoisotopic (exact) mass is 236 g/mol. The first-order valence-corrected chi connectivity index (χ1v) is 7.69. The lowest BCUT2D eigenvalue weighted by Gasteiger charge is -2.33. The second-order valence-corrected chi connectivity index (χ2v) is 6.89. The Labute approximate surface area is 106 Å². The van der Waals surface area contributed by atoms with Gasteiger partial charge in [-0.1, -0.05) is 20.3 Å². The van der Waals surface area contributed by atoms with Crippen molar-refractivity contribution in [3.63, 3.8) is 0 Å². The Morgan fingerprint density at radius 1 is 1.18 bits per heavy atom. The fourth-order valence-corrected chi connectivity index (χ4v) is 3.94. The van der Waals surface area contributed by atoms with Crippen molar-refractivity contribution in [2.75, 3.05) is 19.6 Å². The lowest BCUT2D eigenvalue weighted by Crippen LogP contribution is -2.46. The summed E-state index contributed by atoms with van der Waals surface area (Å²) in [6.45, 7) is 8.78. The fraction of sp³-hybridized carbons (Fsp3) is 1.00. The van der Waals surface area contributed by atoms with Crippen LogP contribution in [0.3, 0.4) is 0 Å². The molecule has 0 aromatic heterocycles. The minimum absolute atomic E-state index is 0.669. The Hall–Kier alpha value is -0.0800. The van der Waals surface area contributed by atoms with Crippen LogP contribution >= 0.6 is 0 Å². The molecule has 0 amide bonds. The van der Waals surface area contributed by atoms with Crippen LogP contribution in [-0.4, -0.2) is 36.6 Å². The molecule has 2 heterocycles. The topological polar surface area (TPSA) is 15.3 Å². The van der Waals surface area contributed by atoms with Gasteiger partial charge in [-0.15, -0.1) is 0 Å². The third-order valence-corrected chi connectivity index (χ3v) is 5.69. The predicted octanol–water partition coefficient (Wildman–Crippen LogP) is 2.64. The minimum atomic E-state index is 0.669. The molecule has 2 aliphatic heterocycles. The van der Waals surface area contributed by atoms with Crippen LogP contribution in [0.25, 0.3) is 0 Å². The summed E-state index contributed by atoms with van der Waals surface area (Å²) in [7, 11) is 0. The van der Waals surface area contributed by atoms with E-state index < -0.39 is 0 Å². The summed E-state index contributed by atoms with van der Waals surface area (Å²) in [6.07, 6.45) is 8.62. The molecule has 3 aliphatic rings. The molecule has 1 saturated carbocycles. The van der Waals surface area contributed by atoms with Crippen molar-refractivity contribution in [2.45, 2.75) is 64.5 Å². The van der Waals surface area contributed by atoms with Gasteiger partial charge < -0.3 is 5.32 Å². The predicted molar refractivity (Wildman–Crippen MR) is 72.1 cm³/mol. The number of fused-ring (bicyclic) bond motifs is 1. The van der Waals surface area contributed by atoms with Gasteiger partial charge in [0.2, 0.25) is 0 Å². The summed E-state index contributed by atoms with van der Waals surface area (Å²) in [6, 6.07) is 1.67. The van der Waals surface area contributed by atoms with E-state index in [-0.39, 0.29) is 0 Å². The van der Waals surface area contributed by atoms with E-state index in [9.17, 15) is 0 Å². The quantitative estimate of drug-likeness (QED) is 0.807. The maximum absolute atomic E-state index is 3.92. The zero-order chi connectivity index (χ0) is 11.9. The number of hydrogen-bond acceptors (Lipinski definition) is 2. The molecule has 98 valence electrons. The van der Waals surface area contributed by atoms with Crippen LogP contribution < -0.4 is 5.32 Å². The SMILES string of the molecule is CC(C)C1(CNC2CCN3CCCCC23)CC1. The third kappa shape index (κ3) is 2.26. The average molecular weight is 236 g/mol. The molecule has 0 spiro atoms. The molecule has 2 unspecified atom stereocenters. The van der Waals surface area contributed by atoms with E-state index in [1.54, 1.807) is 0 Å². The minimum Gasteiger partial charge on any atom is -0.312 e. The molecule has 0 bridgehead atoms. The largest absolute Gasteiger partial charge is 0.312 e. The Morgan fingerprint density at radius 3 is 2.71 bits per heavy atom. The van der Waals surface area contributed by atoms with Gasteiger partial charge in [0.05, 0.1) is 0 Å². The molecule has 2 heteroatoms. The van der Waals surface area contributed by atoms with Gasteiger partial charge in [-0.3, -0.25) is 4.90 Å². The molecule has 0 aromatic carbocycles. The first-order chi connectivity index (χ1) is 8.21. The van der Waals surface area contributed by atoms with Crippen molar-refractivity contribution < 1.29 is 0 Å². The van der Waals surface area contributed by atoms with Crippen molar-refractivity contribution in [2.24, 2.45) is 11.3 Å². The molecule has 3 rings (SSSR count). The van der Waals surface area contributed by atoms with Gasteiger partial charge in [0.1, 0.15) is 0 Å². The highest BCUT2D eigenvalue weighted by atomic mass is 15.2.